The molecule has 23 heavy (non-hydrogen) atoms. The van der Waals surface area contributed by atoms with E-state index in [0.29, 0.717) is 0 Å². The standard InChI is InChI=1S/C14H13F2N3O4/c1-7(21)17-13-8(15)2-3-9(12(13)16)18-10-6-11(22)19(4-5-20)14(10)23/h2-3,6,18,20H,4-5H2,1H3,(H,17,21). The topological polar surface area (TPSA) is 98.7 Å². The van der Waals surface area contributed by atoms with E-state index in [4.69, 9.17) is 5.11 Å². The van der Waals surface area contributed by atoms with Crippen LogP contribution in [-0.2, 0) is 14.4 Å². The van der Waals surface area contributed by atoms with Crippen LogP contribution in [0.15, 0.2) is 23.9 Å². The third-order valence-corrected chi connectivity index (χ3v) is 2.99. The van der Waals surface area contributed by atoms with E-state index in [1.54, 1.807) is 0 Å². The SMILES string of the molecule is CC(=O)Nc1c(F)ccc(NC2=CC(=O)N(CCO)C2=O)c1F. The molecule has 1 aliphatic heterocycles. The van der Waals surface area contributed by atoms with Crippen LogP contribution in [0.5, 0.6) is 0 Å². The lowest BCUT2D eigenvalue weighted by atomic mass is 10.2. The monoisotopic (exact) mass is 325 g/mol. The number of rotatable bonds is 5. The zero-order valence-corrected chi connectivity index (χ0v) is 12.0. The van der Waals surface area contributed by atoms with Crippen LogP contribution in [0.1, 0.15) is 6.92 Å². The fourth-order valence-corrected chi connectivity index (χ4v) is 1.99. The first-order chi connectivity index (χ1) is 10.8. The van der Waals surface area contributed by atoms with Gasteiger partial charge in [0.2, 0.25) is 5.91 Å². The van der Waals surface area contributed by atoms with Crippen molar-refractivity contribution in [1.82, 2.24) is 4.90 Å². The summed E-state index contributed by atoms with van der Waals surface area (Å²) in [6.45, 7) is 0.492. The number of carbonyl (C=O) groups is 3. The zero-order chi connectivity index (χ0) is 17.1. The van der Waals surface area contributed by atoms with Crippen LogP contribution in [0.25, 0.3) is 0 Å². The van der Waals surface area contributed by atoms with Gasteiger partial charge in [-0.15, -0.1) is 0 Å². The molecule has 122 valence electrons. The number of β-amino-alcohol motifs (C(OH)–C–C–N with tert-alkyl or cyclic N) is 1. The predicted octanol–water partition coefficient (Wildman–Crippen LogP) is 0.580. The lowest BCUT2D eigenvalue weighted by molar-refractivity contribution is -0.137. The van der Waals surface area contributed by atoms with Crippen molar-refractivity contribution in [3.05, 3.63) is 35.5 Å². The summed E-state index contributed by atoms with van der Waals surface area (Å²) >= 11 is 0. The smallest absolute Gasteiger partial charge is 0.277 e. The molecule has 7 nitrogen and oxygen atoms in total. The van der Waals surface area contributed by atoms with E-state index in [1.165, 1.54) is 0 Å². The molecule has 0 bridgehead atoms. The fraction of sp³-hybridized carbons (Fsp3) is 0.214. The molecule has 1 aromatic rings. The van der Waals surface area contributed by atoms with E-state index in [9.17, 15) is 23.2 Å². The Morgan fingerprint density at radius 3 is 2.61 bits per heavy atom. The maximum absolute atomic E-state index is 14.2. The van der Waals surface area contributed by atoms with Crippen LogP contribution in [0, 0.1) is 11.6 Å². The molecular formula is C14H13F2N3O4. The van der Waals surface area contributed by atoms with Crippen molar-refractivity contribution in [2.24, 2.45) is 0 Å². The van der Waals surface area contributed by atoms with E-state index in [-0.39, 0.29) is 17.9 Å². The molecule has 0 saturated heterocycles. The Kier molecular flexibility index (Phi) is 4.70. The molecular weight excluding hydrogens is 312 g/mol. The maximum Gasteiger partial charge on any atom is 0.277 e. The number of imide groups is 1. The third kappa shape index (κ3) is 3.34. The Hall–Kier alpha value is -2.81. The van der Waals surface area contributed by atoms with Crippen molar-refractivity contribution < 1.29 is 28.3 Å². The average Bonchev–Trinajstić information content (AvgIpc) is 2.74. The van der Waals surface area contributed by atoms with Gasteiger partial charge >= 0.3 is 0 Å². The summed E-state index contributed by atoms with van der Waals surface area (Å²) in [5, 5.41) is 13.2. The quantitative estimate of drug-likeness (QED) is 0.688. The summed E-state index contributed by atoms with van der Waals surface area (Å²) in [6, 6.07) is 1.94. The molecule has 0 atom stereocenters. The number of carbonyl (C=O) groups excluding carboxylic acids is 3. The van der Waals surface area contributed by atoms with Gasteiger partial charge in [-0.25, -0.2) is 8.78 Å². The lowest BCUT2D eigenvalue weighted by Crippen LogP contribution is -2.34. The second-order valence-electron chi connectivity index (χ2n) is 4.67. The van der Waals surface area contributed by atoms with Gasteiger partial charge in [0.25, 0.3) is 11.8 Å². The second kappa shape index (κ2) is 6.53. The van der Waals surface area contributed by atoms with Crippen molar-refractivity contribution >= 4 is 29.1 Å². The van der Waals surface area contributed by atoms with E-state index in [1.807, 2.05) is 5.32 Å². The first kappa shape index (κ1) is 16.6. The molecule has 1 heterocycles. The summed E-state index contributed by atoms with van der Waals surface area (Å²) in [5.74, 6) is -4.15. The number of benzene rings is 1. The molecule has 3 amide bonds. The number of amides is 3. The highest BCUT2D eigenvalue weighted by Crippen LogP contribution is 2.27. The Bertz CT molecular complexity index is 718. The fourth-order valence-electron chi connectivity index (χ4n) is 1.99. The minimum absolute atomic E-state index is 0.192. The van der Waals surface area contributed by atoms with Crippen molar-refractivity contribution in [2.45, 2.75) is 6.92 Å². The van der Waals surface area contributed by atoms with Crippen molar-refractivity contribution in [1.29, 1.82) is 0 Å². The van der Waals surface area contributed by atoms with Crippen LogP contribution >= 0.6 is 0 Å². The zero-order valence-electron chi connectivity index (χ0n) is 12.0. The summed E-state index contributed by atoms with van der Waals surface area (Å²) in [5.41, 5.74) is -1.16. The van der Waals surface area contributed by atoms with Gasteiger partial charge in [-0.2, -0.15) is 0 Å². The first-order valence-corrected chi connectivity index (χ1v) is 6.56. The predicted molar refractivity (Wildman–Crippen MR) is 76.2 cm³/mol. The van der Waals surface area contributed by atoms with E-state index >= 15 is 0 Å². The lowest BCUT2D eigenvalue weighted by Gasteiger charge is -2.14. The minimum atomic E-state index is -1.11. The Balaban J connectivity index is 2.28. The number of aliphatic hydroxyl groups excluding tert-OH is 1. The highest BCUT2D eigenvalue weighted by molar-refractivity contribution is 6.17. The second-order valence-corrected chi connectivity index (χ2v) is 4.67. The number of nitrogens with one attached hydrogen (secondary N) is 2. The van der Waals surface area contributed by atoms with Crippen LogP contribution < -0.4 is 10.6 Å². The van der Waals surface area contributed by atoms with Crippen molar-refractivity contribution in [2.75, 3.05) is 23.8 Å². The Morgan fingerprint density at radius 2 is 2.00 bits per heavy atom. The molecule has 0 fully saturated rings. The first-order valence-electron chi connectivity index (χ1n) is 6.56. The van der Waals surface area contributed by atoms with E-state index in [2.05, 4.69) is 5.32 Å². The summed E-state index contributed by atoms with van der Waals surface area (Å²) in [4.78, 5) is 35.3. The van der Waals surface area contributed by atoms with Gasteiger partial charge in [-0.1, -0.05) is 0 Å². The Labute approximate surface area is 129 Å². The highest BCUT2D eigenvalue weighted by Gasteiger charge is 2.31. The number of nitrogens with zero attached hydrogens (tertiary/aromatic N) is 1. The van der Waals surface area contributed by atoms with Gasteiger partial charge in [0.15, 0.2) is 5.82 Å². The van der Waals surface area contributed by atoms with Crippen LogP contribution in [0.4, 0.5) is 20.2 Å². The molecule has 0 aliphatic carbocycles. The maximum atomic E-state index is 14.2. The van der Waals surface area contributed by atoms with Crippen LogP contribution in [0.2, 0.25) is 0 Å². The van der Waals surface area contributed by atoms with E-state index in [0.717, 1.165) is 30.0 Å². The molecule has 2 rings (SSSR count). The van der Waals surface area contributed by atoms with Crippen LogP contribution in [0.3, 0.4) is 0 Å². The number of halogens is 2. The molecule has 1 aromatic carbocycles. The summed E-state index contributed by atoms with van der Waals surface area (Å²) in [6.07, 6.45) is 0.943. The molecule has 0 spiro atoms. The number of aliphatic hydroxyl groups is 1. The van der Waals surface area contributed by atoms with E-state index < -0.39 is 41.7 Å². The average molecular weight is 325 g/mol. The molecule has 0 radical (unpaired) electrons. The van der Waals surface area contributed by atoms with Gasteiger partial charge in [0.05, 0.1) is 18.8 Å². The van der Waals surface area contributed by atoms with Gasteiger partial charge in [-0.05, 0) is 12.1 Å². The van der Waals surface area contributed by atoms with Gasteiger partial charge in [-0.3, -0.25) is 19.3 Å². The van der Waals surface area contributed by atoms with Crippen LogP contribution in [-0.4, -0.2) is 40.9 Å². The summed E-state index contributed by atoms with van der Waals surface area (Å²) in [7, 11) is 0. The van der Waals surface area contributed by atoms with Gasteiger partial charge in [0, 0.05) is 13.0 Å². The molecule has 0 saturated carbocycles. The molecule has 3 N–H and O–H groups in total. The number of hydrogen-bond acceptors (Lipinski definition) is 5. The third-order valence-electron chi connectivity index (χ3n) is 2.99. The van der Waals surface area contributed by atoms with Crippen molar-refractivity contribution in [3.63, 3.8) is 0 Å². The number of anilines is 2. The molecule has 9 heteroatoms. The highest BCUT2D eigenvalue weighted by atomic mass is 19.1. The molecule has 0 aromatic heterocycles. The number of hydrogen-bond donors (Lipinski definition) is 3. The molecule has 1 aliphatic rings. The Morgan fingerprint density at radius 1 is 1.30 bits per heavy atom. The normalized spacial score (nSPS) is 14.1. The largest absolute Gasteiger partial charge is 0.395 e. The van der Waals surface area contributed by atoms with Crippen molar-refractivity contribution in [3.8, 4) is 0 Å². The minimum Gasteiger partial charge on any atom is -0.395 e. The summed E-state index contributed by atoms with van der Waals surface area (Å²) < 4.78 is 27.8. The van der Waals surface area contributed by atoms with Gasteiger partial charge in [0.1, 0.15) is 17.2 Å². The molecule has 0 unspecified atom stereocenters. The van der Waals surface area contributed by atoms with Gasteiger partial charge < -0.3 is 15.7 Å².